The second-order valence-corrected chi connectivity index (χ2v) is 7.25. The highest BCUT2D eigenvalue weighted by atomic mass is 35.5. The Hall–Kier alpha value is -3.06. The van der Waals surface area contributed by atoms with Crippen LogP contribution in [0.25, 0.3) is 10.9 Å². The van der Waals surface area contributed by atoms with Gasteiger partial charge in [-0.1, -0.05) is 11.6 Å². The van der Waals surface area contributed by atoms with E-state index in [2.05, 4.69) is 5.10 Å². The number of carboxylic acid groups (broad SMARTS) is 1. The number of rotatable bonds is 5. The van der Waals surface area contributed by atoms with Crippen molar-refractivity contribution in [2.45, 2.75) is 6.54 Å². The molecule has 4 rings (SSSR count). The molecule has 0 bridgehead atoms. The summed E-state index contributed by atoms with van der Waals surface area (Å²) < 4.78 is 7.07. The number of methoxy groups -OCH3 is 1. The summed E-state index contributed by atoms with van der Waals surface area (Å²) in [5.74, 6) is -0.451. The molecule has 1 aromatic heterocycles. The van der Waals surface area contributed by atoms with Crippen LogP contribution in [0.5, 0.6) is 5.75 Å². The second kappa shape index (κ2) is 7.16. The number of nitrogens with zero attached hydrogens (tertiary/aromatic N) is 3. The van der Waals surface area contributed by atoms with Crippen molar-refractivity contribution in [3.05, 3.63) is 58.7 Å². The third-order valence-electron chi connectivity index (χ3n) is 4.90. The number of hydrogen-bond acceptors (Lipinski definition) is 4. The number of amides is 1. The van der Waals surface area contributed by atoms with Crippen LogP contribution in [0.15, 0.2) is 42.6 Å². The molecule has 144 valence electrons. The first kappa shape index (κ1) is 18.3. The van der Waals surface area contributed by atoms with Crippen molar-refractivity contribution in [1.82, 2.24) is 14.7 Å². The van der Waals surface area contributed by atoms with E-state index in [1.54, 1.807) is 46.1 Å². The highest BCUT2D eigenvalue weighted by molar-refractivity contribution is 6.30. The van der Waals surface area contributed by atoms with Crippen LogP contribution in [0.4, 0.5) is 0 Å². The normalized spacial score (nSPS) is 14.1. The Kier molecular flexibility index (Phi) is 4.68. The zero-order valence-electron chi connectivity index (χ0n) is 15.1. The lowest BCUT2D eigenvalue weighted by Gasteiger charge is -2.39. The van der Waals surface area contributed by atoms with Crippen LogP contribution in [0, 0.1) is 5.92 Å². The molecule has 1 saturated heterocycles. The zero-order chi connectivity index (χ0) is 19.8. The van der Waals surface area contributed by atoms with Gasteiger partial charge in [-0.15, -0.1) is 0 Å². The quantitative estimate of drug-likeness (QED) is 0.712. The predicted octanol–water partition coefficient (Wildman–Crippen LogP) is 3.17. The maximum Gasteiger partial charge on any atom is 0.339 e. The highest BCUT2D eigenvalue weighted by Gasteiger charge is 2.31. The third-order valence-corrected chi connectivity index (χ3v) is 5.15. The van der Waals surface area contributed by atoms with Gasteiger partial charge in [-0.3, -0.25) is 9.48 Å². The van der Waals surface area contributed by atoms with E-state index in [9.17, 15) is 14.7 Å². The Morgan fingerprint density at radius 3 is 2.57 bits per heavy atom. The standard InChI is InChI=1S/C20H18ClN3O4/c1-28-18-15(20(26)27)6-7-17-16(18)11-24(22-17)10-12-8-23(9-12)19(25)13-2-4-14(21)5-3-13/h2-7,11-12H,8-10H2,1H3,(H,26,27). The molecule has 1 aliphatic heterocycles. The highest BCUT2D eigenvalue weighted by Crippen LogP contribution is 2.30. The minimum atomic E-state index is -1.04. The van der Waals surface area contributed by atoms with Crippen LogP contribution in [-0.4, -0.2) is 51.9 Å². The fourth-order valence-electron chi connectivity index (χ4n) is 3.49. The van der Waals surface area contributed by atoms with Crippen molar-refractivity contribution in [1.29, 1.82) is 0 Å². The van der Waals surface area contributed by atoms with Crippen LogP contribution in [0.1, 0.15) is 20.7 Å². The molecule has 1 amide bonds. The molecule has 0 saturated carbocycles. The van der Waals surface area contributed by atoms with E-state index in [4.69, 9.17) is 16.3 Å². The number of likely N-dealkylation sites (tertiary alicyclic amines) is 1. The van der Waals surface area contributed by atoms with Crippen molar-refractivity contribution < 1.29 is 19.4 Å². The average Bonchev–Trinajstić information content (AvgIpc) is 3.06. The molecule has 1 aliphatic rings. The molecular weight excluding hydrogens is 382 g/mol. The SMILES string of the molecule is COc1c(C(=O)O)ccc2nn(CC3CN(C(=O)c4ccc(Cl)cc4)C3)cc12. The largest absolute Gasteiger partial charge is 0.495 e. The molecule has 0 aliphatic carbocycles. The van der Waals surface area contributed by atoms with Gasteiger partial charge in [0.2, 0.25) is 0 Å². The van der Waals surface area contributed by atoms with Gasteiger partial charge in [-0.25, -0.2) is 4.79 Å². The number of aromatic nitrogens is 2. The minimum absolute atomic E-state index is 0.00804. The summed E-state index contributed by atoms with van der Waals surface area (Å²) in [6.45, 7) is 1.94. The fourth-order valence-corrected chi connectivity index (χ4v) is 3.62. The second-order valence-electron chi connectivity index (χ2n) is 6.82. The van der Waals surface area contributed by atoms with Gasteiger partial charge in [0.05, 0.1) is 18.0 Å². The Morgan fingerprint density at radius 2 is 1.93 bits per heavy atom. The molecular formula is C20H18ClN3O4. The summed E-state index contributed by atoms with van der Waals surface area (Å²) in [6, 6.07) is 10.0. The van der Waals surface area contributed by atoms with E-state index in [1.807, 2.05) is 0 Å². The Balaban J connectivity index is 1.44. The number of carbonyl (C=O) groups is 2. The smallest absolute Gasteiger partial charge is 0.339 e. The number of aromatic carboxylic acids is 1. The van der Waals surface area contributed by atoms with E-state index in [0.29, 0.717) is 46.9 Å². The first-order valence-corrected chi connectivity index (χ1v) is 9.16. The van der Waals surface area contributed by atoms with Crippen molar-refractivity contribution >= 4 is 34.4 Å². The van der Waals surface area contributed by atoms with Gasteiger partial charge >= 0.3 is 5.97 Å². The molecule has 1 fully saturated rings. The maximum atomic E-state index is 12.5. The lowest BCUT2D eigenvalue weighted by Crippen LogP contribution is -2.51. The molecule has 0 radical (unpaired) electrons. The van der Waals surface area contributed by atoms with Crippen molar-refractivity contribution in [3.8, 4) is 5.75 Å². The summed E-state index contributed by atoms with van der Waals surface area (Å²) >= 11 is 5.86. The Morgan fingerprint density at radius 1 is 1.21 bits per heavy atom. The first-order valence-electron chi connectivity index (χ1n) is 8.78. The number of hydrogen-bond donors (Lipinski definition) is 1. The van der Waals surface area contributed by atoms with Gasteiger partial charge in [-0.05, 0) is 36.4 Å². The topological polar surface area (TPSA) is 84.7 Å². The van der Waals surface area contributed by atoms with Crippen LogP contribution in [0.2, 0.25) is 5.02 Å². The van der Waals surface area contributed by atoms with Crippen molar-refractivity contribution in [2.75, 3.05) is 20.2 Å². The van der Waals surface area contributed by atoms with Crippen LogP contribution in [0.3, 0.4) is 0 Å². The summed E-state index contributed by atoms with van der Waals surface area (Å²) in [4.78, 5) is 25.6. The fraction of sp³-hybridized carbons (Fsp3) is 0.250. The van der Waals surface area contributed by atoms with Crippen molar-refractivity contribution in [3.63, 3.8) is 0 Å². The molecule has 0 atom stereocenters. The molecule has 7 nitrogen and oxygen atoms in total. The van der Waals surface area contributed by atoms with Gasteiger partial charge in [0.1, 0.15) is 11.3 Å². The maximum absolute atomic E-state index is 12.5. The van der Waals surface area contributed by atoms with Crippen LogP contribution >= 0.6 is 11.6 Å². The molecule has 0 spiro atoms. The summed E-state index contributed by atoms with van der Waals surface area (Å²) in [7, 11) is 1.45. The van der Waals surface area contributed by atoms with Crippen LogP contribution in [-0.2, 0) is 6.54 Å². The van der Waals surface area contributed by atoms with E-state index in [1.165, 1.54) is 13.2 Å². The average molecular weight is 400 g/mol. The number of carbonyl (C=O) groups excluding carboxylic acids is 1. The van der Waals surface area contributed by atoms with Crippen molar-refractivity contribution in [2.24, 2.45) is 5.92 Å². The number of halogens is 1. The minimum Gasteiger partial charge on any atom is -0.495 e. The summed E-state index contributed by atoms with van der Waals surface area (Å²) in [6.07, 6.45) is 1.80. The molecule has 28 heavy (non-hydrogen) atoms. The third kappa shape index (κ3) is 3.29. The number of fused-ring (bicyclic) bond motifs is 1. The van der Waals surface area contributed by atoms with Gasteiger partial charge in [0.25, 0.3) is 5.91 Å². The lowest BCUT2D eigenvalue weighted by molar-refractivity contribution is 0.0461. The number of benzene rings is 2. The Labute approximate surface area is 166 Å². The van der Waals surface area contributed by atoms with E-state index in [-0.39, 0.29) is 17.4 Å². The lowest BCUT2D eigenvalue weighted by atomic mass is 9.99. The van der Waals surface area contributed by atoms with Gasteiger partial charge in [0, 0.05) is 42.3 Å². The first-order chi connectivity index (χ1) is 13.5. The van der Waals surface area contributed by atoms with Gasteiger partial charge in [-0.2, -0.15) is 5.10 Å². The Bertz CT molecular complexity index is 1060. The van der Waals surface area contributed by atoms with Gasteiger partial charge in [0.15, 0.2) is 0 Å². The molecule has 1 N–H and O–H groups in total. The monoisotopic (exact) mass is 399 g/mol. The molecule has 8 heteroatoms. The van der Waals surface area contributed by atoms with E-state index < -0.39 is 5.97 Å². The predicted molar refractivity (Wildman–Crippen MR) is 104 cm³/mol. The van der Waals surface area contributed by atoms with Crippen LogP contribution < -0.4 is 4.74 Å². The summed E-state index contributed by atoms with van der Waals surface area (Å²) in [5.41, 5.74) is 1.41. The van der Waals surface area contributed by atoms with E-state index >= 15 is 0 Å². The zero-order valence-corrected chi connectivity index (χ0v) is 15.9. The molecule has 2 heterocycles. The van der Waals surface area contributed by atoms with Gasteiger partial charge < -0.3 is 14.7 Å². The molecule has 0 unspecified atom stereocenters. The molecule has 3 aromatic rings. The molecule has 2 aromatic carbocycles. The summed E-state index contributed by atoms with van der Waals surface area (Å²) in [5, 5.41) is 15.1. The van der Waals surface area contributed by atoms with E-state index in [0.717, 1.165) is 0 Å². The number of carboxylic acids is 1. The number of ether oxygens (including phenoxy) is 1.